The zero-order valence-electron chi connectivity index (χ0n) is 10.1. The van der Waals surface area contributed by atoms with Gasteiger partial charge in [0, 0.05) is 11.8 Å². The van der Waals surface area contributed by atoms with E-state index in [9.17, 15) is 4.79 Å². The number of aromatic amines is 1. The van der Waals surface area contributed by atoms with Crippen LogP contribution in [0.2, 0.25) is 0 Å². The quantitative estimate of drug-likeness (QED) is 0.811. The average molecular weight is 223 g/mol. The first-order valence-corrected chi connectivity index (χ1v) is 6.18. The van der Waals surface area contributed by atoms with Gasteiger partial charge >= 0.3 is 0 Å². The summed E-state index contributed by atoms with van der Waals surface area (Å²) in [5, 5.41) is 6.57. The fraction of sp³-hybridized carbons (Fsp3) is 0.750. The highest BCUT2D eigenvalue weighted by Gasteiger charge is 2.17. The van der Waals surface area contributed by atoms with Crippen LogP contribution in [0.4, 0.5) is 0 Å². The molecule has 1 aromatic heterocycles. The zero-order chi connectivity index (χ0) is 11.5. The lowest BCUT2D eigenvalue weighted by Gasteiger charge is -2.23. The molecular weight excluding hydrogens is 202 g/mol. The molecule has 1 aromatic rings. The van der Waals surface area contributed by atoms with E-state index in [2.05, 4.69) is 24.3 Å². The van der Waals surface area contributed by atoms with E-state index in [1.807, 2.05) is 4.68 Å². The highest BCUT2D eigenvalue weighted by Crippen LogP contribution is 2.16. The van der Waals surface area contributed by atoms with E-state index in [1.54, 1.807) is 6.07 Å². The van der Waals surface area contributed by atoms with E-state index in [4.69, 9.17) is 0 Å². The minimum Gasteiger partial charge on any atom is -0.317 e. The van der Waals surface area contributed by atoms with Gasteiger partial charge in [-0.3, -0.25) is 9.89 Å². The summed E-state index contributed by atoms with van der Waals surface area (Å²) >= 11 is 0. The fourth-order valence-electron chi connectivity index (χ4n) is 2.34. The molecular formula is C12H21N3O. The number of nitrogens with zero attached hydrogens (tertiary/aromatic N) is 1. The lowest BCUT2D eigenvalue weighted by atomic mass is 10.1. The molecule has 90 valence electrons. The Kier molecular flexibility index (Phi) is 3.49. The smallest absolute Gasteiger partial charge is 0.266 e. The van der Waals surface area contributed by atoms with Crippen molar-refractivity contribution in [3.05, 3.63) is 22.1 Å². The van der Waals surface area contributed by atoms with Crippen LogP contribution in [-0.2, 0) is 6.42 Å². The molecule has 2 N–H and O–H groups in total. The Labute approximate surface area is 96.0 Å². The Morgan fingerprint density at radius 3 is 2.75 bits per heavy atom. The van der Waals surface area contributed by atoms with E-state index in [0.717, 1.165) is 38.0 Å². The number of hydrogen-bond donors (Lipinski definition) is 2. The summed E-state index contributed by atoms with van der Waals surface area (Å²) in [5.74, 6) is 0.583. The van der Waals surface area contributed by atoms with Crippen molar-refractivity contribution in [2.45, 2.75) is 39.2 Å². The molecule has 0 amide bonds. The highest BCUT2D eigenvalue weighted by molar-refractivity contribution is 5.01. The molecule has 4 heteroatoms. The maximum atomic E-state index is 11.8. The summed E-state index contributed by atoms with van der Waals surface area (Å²) in [6.07, 6.45) is 3.04. The van der Waals surface area contributed by atoms with Crippen molar-refractivity contribution in [3.8, 4) is 0 Å². The van der Waals surface area contributed by atoms with Gasteiger partial charge in [-0.15, -0.1) is 0 Å². The summed E-state index contributed by atoms with van der Waals surface area (Å²) in [6.45, 7) is 6.35. The summed E-state index contributed by atoms with van der Waals surface area (Å²) in [4.78, 5) is 11.8. The average Bonchev–Trinajstić information content (AvgIpc) is 2.60. The van der Waals surface area contributed by atoms with Crippen molar-refractivity contribution in [3.63, 3.8) is 0 Å². The van der Waals surface area contributed by atoms with E-state index in [-0.39, 0.29) is 5.56 Å². The molecule has 0 spiro atoms. The minimum atomic E-state index is 0.127. The van der Waals surface area contributed by atoms with Gasteiger partial charge in [0.05, 0.1) is 6.04 Å². The van der Waals surface area contributed by atoms with Gasteiger partial charge in [-0.1, -0.05) is 13.8 Å². The molecule has 0 unspecified atom stereocenters. The molecule has 4 nitrogen and oxygen atoms in total. The van der Waals surface area contributed by atoms with Crippen LogP contribution in [0.5, 0.6) is 0 Å². The number of piperidine rings is 1. The van der Waals surface area contributed by atoms with E-state index >= 15 is 0 Å². The SMILES string of the molecule is CC(C)Cc1cc(=O)n(C2CCNCC2)[nH]1. The van der Waals surface area contributed by atoms with Gasteiger partial charge in [-0.2, -0.15) is 0 Å². The first kappa shape index (κ1) is 11.5. The predicted molar refractivity (Wildman–Crippen MR) is 64.7 cm³/mol. The molecule has 1 fully saturated rings. The largest absolute Gasteiger partial charge is 0.317 e. The second-order valence-electron chi connectivity index (χ2n) is 5.07. The first-order chi connectivity index (χ1) is 7.66. The van der Waals surface area contributed by atoms with Gasteiger partial charge < -0.3 is 5.32 Å². The van der Waals surface area contributed by atoms with Gasteiger partial charge in [-0.25, -0.2) is 4.68 Å². The van der Waals surface area contributed by atoms with Crippen LogP contribution in [0.1, 0.15) is 38.4 Å². The van der Waals surface area contributed by atoms with E-state index in [1.165, 1.54) is 0 Å². The zero-order valence-corrected chi connectivity index (χ0v) is 10.1. The van der Waals surface area contributed by atoms with E-state index in [0.29, 0.717) is 12.0 Å². The first-order valence-electron chi connectivity index (χ1n) is 6.18. The van der Waals surface area contributed by atoms with Crippen molar-refractivity contribution >= 4 is 0 Å². The van der Waals surface area contributed by atoms with Gasteiger partial charge in [0.25, 0.3) is 5.56 Å². The van der Waals surface area contributed by atoms with Crippen LogP contribution < -0.4 is 10.9 Å². The monoisotopic (exact) mass is 223 g/mol. The standard InChI is InChI=1S/C12H21N3O/c1-9(2)7-10-8-12(16)15(14-10)11-3-5-13-6-4-11/h8-9,11,13-14H,3-7H2,1-2H3. The molecule has 1 saturated heterocycles. The molecule has 2 rings (SSSR count). The van der Waals surface area contributed by atoms with Crippen LogP contribution in [-0.4, -0.2) is 22.9 Å². The highest BCUT2D eigenvalue weighted by atomic mass is 16.1. The number of nitrogens with one attached hydrogen (secondary N) is 2. The number of H-pyrrole nitrogens is 1. The molecule has 16 heavy (non-hydrogen) atoms. The van der Waals surface area contributed by atoms with Crippen LogP contribution in [0, 0.1) is 5.92 Å². The minimum absolute atomic E-state index is 0.127. The maximum absolute atomic E-state index is 11.8. The maximum Gasteiger partial charge on any atom is 0.266 e. The molecule has 0 aliphatic carbocycles. The molecule has 0 atom stereocenters. The Morgan fingerprint density at radius 2 is 2.12 bits per heavy atom. The van der Waals surface area contributed by atoms with Crippen molar-refractivity contribution in [1.29, 1.82) is 0 Å². The van der Waals surface area contributed by atoms with Crippen molar-refractivity contribution in [2.24, 2.45) is 5.92 Å². The summed E-state index contributed by atoms with van der Waals surface area (Å²) in [5.41, 5.74) is 1.20. The molecule has 0 bridgehead atoms. The predicted octanol–water partition coefficient (Wildman–Crippen LogP) is 1.30. The summed E-state index contributed by atoms with van der Waals surface area (Å²) in [6, 6.07) is 2.11. The Morgan fingerprint density at radius 1 is 1.44 bits per heavy atom. The van der Waals surface area contributed by atoms with Gasteiger partial charge in [0.2, 0.25) is 0 Å². The van der Waals surface area contributed by atoms with Crippen LogP contribution >= 0.6 is 0 Å². The second kappa shape index (κ2) is 4.87. The fourth-order valence-corrected chi connectivity index (χ4v) is 2.34. The van der Waals surface area contributed by atoms with Crippen LogP contribution in [0.3, 0.4) is 0 Å². The van der Waals surface area contributed by atoms with Crippen molar-refractivity contribution in [1.82, 2.24) is 15.1 Å². The summed E-state index contributed by atoms with van der Waals surface area (Å²) in [7, 11) is 0. The third-order valence-electron chi connectivity index (χ3n) is 3.10. The van der Waals surface area contributed by atoms with Gasteiger partial charge in [0.15, 0.2) is 0 Å². The Hall–Kier alpha value is -1.03. The lowest BCUT2D eigenvalue weighted by molar-refractivity contribution is 0.334. The third-order valence-corrected chi connectivity index (χ3v) is 3.10. The molecule has 0 radical (unpaired) electrons. The van der Waals surface area contributed by atoms with Crippen molar-refractivity contribution in [2.75, 3.05) is 13.1 Å². The van der Waals surface area contributed by atoms with Gasteiger partial charge in [-0.05, 0) is 38.3 Å². The molecule has 0 aromatic carbocycles. The normalized spacial score (nSPS) is 18.2. The van der Waals surface area contributed by atoms with Crippen molar-refractivity contribution < 1.29 is 0 Å². The second-order valence-corrected chi connectivity index (χ2v) is 5.07. The molecule has 2 heterocycles. The van der Waals surface area contributed by atoms with Crippen LogP contribution in [0.25, 0.3) is 0 Å². The Balaban J connectivity index is 2.14. The lowest BCUT2D eigenvalue weighted by Crippen LogP contribution is -2.33. The molecule has 1 aliphatic heterocycles. The molecule has 1 aliphatic rings. The van der Waals surface area contributed by atoms with Crippen LogP contribution in [0.15, 0.2) is 10.9 Å². The number of hydrogen-bond acceptors (Lipinski definition) is 2. The number of aromatic nitrogens is 2. The van der Waals surface area contributed by atoms with E-state index < -0.39 is 0 Å². The summed E-state index contributed by atoms with van der Waals surface area (Å²) < 4.78 is 1.82. The molecule has 0 saturated carbocycles. The number of rotatable bonds is 3. The topological polar surface area (TPSA) is 49.8 Å². The van der Waals surface area contributed by atoms with Gasteiger partial charge in [0.1, 0.15) is 0 Å². The third kappa shape index (κ3) is 2.55. The Bertz CT molecular complexity index is 385.